The van der Waals surface area contributed by atoms with Gasteiger partial charge in [-0.25, -0.2) is 0 Å². The number of rotatable bonds is 5. The molecule has 1 aromatic heterocycles. The highest BCUT2D eigenvalue weighted by atomic mass is 15.3. The predicted molar refractivity (Wildman–Crippen MR) is 89.6 cm³/mol. The van der Waals surface area contributed by atoms with Gasteiger partial charge in [-0.05, 0) is 65.4 Å². The molecule has 1 saturated carbocycles. The van der Waals surface area contributed by atoms with Crippen LogP contribution in [0.25, 0.3) is 0 Å². The first-order chi connectivity index (χ1) is 9.80. The fourth-order valence-electron chi connectivity index (χ4n) is 3.31. The normalized spacial score (nSPS) is 19.1. The second kappa shape index (κ2) is 6.51. The topological polar surface area (TPSA) is 29.9 Å². The van der Waals surface area contributed by atoms with Crippen molar-refractivity contribution in [3.63, 3.8) is 0 Å². The summed E-state index contributed by atoms with van der Waals surface area (Å²) >= 11 is 0. The minimum absolute atomic E-state index is 0.196. The second-order valence-corrected chi connectivity index (χ2v) is 8.22. The molecule has 3 heteroatoms. The molecular weight excluding hydrogens is 258 g/mol. The monoisotopic (exact) mass is 291 g/mol. The van der Waals surface area contributed by atoms with Crippen LogP contribution in [-0.2, 0) is 6.42 Å². The zero-order valence-electron chi connectivity index (χ0n) is 14.6. The average Bonchev–Trinajstić information content (AvgIpc) is 2.85. The van der Waals surface area contributed by atoms with Crippen LogP contribution in [-0.4, -0.2) is 21.9 Å². The first-order valence-corrected chi connectivity index (χ1v) is 8.59. The summed E-state index contributed by atoms with van der Waals surface area (Å²) in [5, 5.41) is 8.53. The maximum Gasteiger partial charge on any atom is 0.0630 e. The molecule has 1 aromatic rings. The molecule has 2 rings (SSSR count). The molecule has 1 aliphatic rings. The van der Waals surface area contributed by atoms with E-state index in [-0.39, 0.29) is 5.54 Å². The van der Waals surface area contributed by atoms with Gasteiger partial charge in [0.2, 0.25) is 0 Å². The van der Waals surface area contributed by atoms with E-state index in [2.05, 4.69) is 56.9 Å². The van der Waals surface area contributed by atoms with Gasteiger partial charge in [0.25, 0.3) is 0 Å². The number of nitrogens with zero attached hydrogens (tertiary/aromatic N) is 2. The molecule has 1 N–H and O–H groups in total. The van der Waals surface area contributed by atoms with Gasteiger partial charge in [-0.15, -0.1) is 0 Å². The second-order valence-electron chi connectivity index (χ2n) is 8.22. The summed E-state index contributed by atoms with van der Waals surface area (Å²) in [7, 11) is 0. The van der Waals surface area contributed by atoms with Gasteiger partial charge in [-0.1, -0.05) is 19.3 Å². The summed E-state index contributed by atoms with van der Waals surface area (Å²) in [5.74, 6) is 0. The molecule has 21 heavy (non-hydrogen) atoms. The molecule has 0 atom stereocenters. The van der Waals surface area contributed by atoms with E-state index in [0.717, 1.165) is 13.0 Å². The minimum Gasteiger partial charge on any atom is -0.312 e. The van der Waals surface area contributed by atoms with Gasteiger partial charge in [-0.2, -0.15) is 5.10 Å². The Bertz CT molecular complexity index is 434. The van der Waals surface area contributed by atoms with Crippen LogP contribution in [0.3, 0.4) is 0 Å². The lowest BCUT2D eigenvalue weighted by molar-refractivity contribution is 0.163. The van der Waals surface area contributed by atoms with Gasteiger partial charge in [-0.3, -0.25) is 4.68 Å². The molecule has 1 heterocycles. The van der Waals surface area contributed by atoms with Crippen molar-refractivity contribution in [1.29, 1.82) is 0 Å². The Balaban J connectivity index is 2.07. The first-order valence-electron chi connectivity index (χ1n) is 8.59. The third kappa shape index (κ3) is 4.84. The average molecular weight is 291 g/mol. The fraction of sp³-hybridized carbons (Fsp3) is 0.833. The zero-order valence-corrected chi connectivity index (χ0v) is 14.6. The quantitative estimate of drug-likeness (QED) is 0.874. The molecule has 3 nitrogen and oxygen atoms in total. The van der Waals surface area contributed by atoms with E-state index in [9.17, 15) is 0 Å². The maximum absolute atomic E-state index is 4.78. The van der Waals surface area contributed by atoms with Crippen molar-refractivity contribution < 1.29 is 0 Å². The molecule has 0 aromatic carbocycles. The van der Waals surface area contributed by atoms with Crippen LogP contribution >= 0.6 is 0 Å². The molecule has 0 aliphatic heterocycles. The number of hydrogen-bond donors (Lipinski definition) is 1. The Labute approximate surface area is 130 Å². The summed E-state index contributed by atoms with van der Waals surface area (Å²) in [6.45, 7) is 12.3. The lowest BCUT2D eigenvalue weighted by atomic mass is 9.71. The summed E-state index contributed by atoms with van der Waals surface area (Å²) in [5.41, 5.74) is 1.87. The van der Waals surface area contributed by atoms with Gasteiger partial charge in [0.1, 0.15) is 0 Å². The van der Waals surface area contributed by atoms with Crippen molar-refractivity contribution in [2.45, 2.75) is 84.7 Å². The van der Waals surface area contributed by atoms with E-state index in [0.29, 0.717) is 11.5 Å². The third-order valence-corrected chi connectivity index (χ3v) is 4.66. The highest BCUT2D eigenvalue weighted by molar-refractivity contribution is 5.05. The summed E-state index contributed by atoms with van der Waals surface area (Å²) in [6, 6.07) is 2.67. The summed E-state index contributed by atoms with van der Waals surface area (Å²) < 4.78 is 2.09. The Morgan fingerprint density at radius 3 is 2.43 bits per heavy atom. The third-order valence-electron chi connectivity index (χ3n) is 4.66. The zero-order chi connectivity index (χ0) is 15.5. The molecule has 120 valence electrons. The van der Waals surface area contributed by atoms with E-state index in [1.165, 1.54) is 37.8 Å². The van der Waals surface area contributed by atoms with E-state index in [1.807, 2.05) is 0 Å². The summed E-state index contributed by atoms with van der Waals surface area (Å²) in [6.07, 6.45) is 10.1. The lowest BCUT2D eigenvalue weighted by Gasteiger charge is -2.39. The highest BCUT2D eigenvalue weighted by Crippen LogP contribution is 2.39. The van der Waals surface area contributed by atoms with Crippen molar-refractivity contribution in [3.05, 3.63) is 18.0 Å². The largest absolute Gasteiger partial charge is 0.312 e. The Kier molecular flexibility index (Phi) is 5.13. The van der Waals surface area contributed by atoms with E-state index in [1.54, 1.807) is 0 Å². The van der Waals surface area contributed by atoms with Gasteiger partial charge >= 0.3 is 0 Å². The maximum atomic E-state index is 4.78. The molecule has 1 fully saturated rings. The van der Waals surface area contributed by atoms with Crippen LogP contribution in [0.15, 0.2) is 12.3 Å². The molecule has 0 spiro atoms. The molecular formula is C18H33N3. The van der Waals surface area contributed by atoms with Crippen molar-refractivity contribution in [1.82, 2.24) is 15.1 Å². The van der Waals surface area contributed by atoms with Crippen molar-refractivity contribution in [2.24, 2.45) is 5.41 Å². The van der Waals surface area contributed by atoms with E-state index >= 15 is 0 Å². The Hall–Kier alpha value is -0.830. The van der Waals surface area contributed by atoms with Crippen LogP contribution in [0.2, 0.25) is 0 Å². The van der Waals surface area contributed by atoms with Crippen LogP contribution in [0, 0.1) is 5.41 Å². The Morgan fingerprint density at radius 2 is 1.90 bits per heavy atom. The molecule has 0 saturated heterocycles. The SMILES string of the molecule is CC(C)n1ccc(CC2(CNC(C)(C)C)CCCCC2)n1. The van der Waals surface area contributed by atoms with Crippen LogP contribution < -0.4 is 5.32 Å². The van der Waals surface area contributed by atoms with Crippen LogP contribution in [0.1, 0.15) is 78.5 Å². The van der Waals surface area contributed by atoms with Crippen molar-refractivity contribution >= 4 is 0 Å². The molecule has 0 bridgehead atoms. The molecule has 0 unspecified atom stereocenters. The van der Waals surface area contributed by atoms with Gasteiger partial charge in [0.05, 0.1) is 5.69 Å². The van der Waals surface area contributed by atoms with Gasteiger partial charge < -0.3 is 5.32 Å². The minimum atomic E-state index is 0.196. The highest BCUT2D eigenvalue weighted by Gasteiger charge is 2.33. The van der Waals surface area contributed by atoms with Gasteiger partial charge in [0.15, 0.2) is 0 Å². The number of hydrogen-bond acceptors (Lipinski definition) is 2. The van der Waals surface area contributed by atoms with Crippen LogP contribution in [0.4, 0.5) is 0 Å². The smallest absolute Gasteiger partial charge is 0.0630 e. The Morgan fingerprint density at radius 1 is 1.24 bits per heavy atom. The fourth-order valence-corrected chi connectivity index (χ4v) is 3.31. The van der Waals surface area contributed by atoms with Crippen molar-refractivity contribution in [2.75, 3.05) is 6.54 Å². The van der Waals surface area contributed by atoms with E-state index < -0.39 is 0 Å². The number of aromatic nitrogens is 2. The lowest BCUT2D eigenvalue weighted by Crippen LogP contribution is -2.45. The number of nitrogens with one attached hydrogen (secondary N) is 1. The van der Waals surface area contributed by atoms with Crippen LogP contribution in [0.5, 0.6) is 0 Å². The molecule has 0 amide bonds. The first kappa shape index (κ1) is 16.5. The molecule has 0 radical (unpaired) electrons. The van der Waals surface area contributed by atoms with Gasteiger partial charge in [0, 0.05) is 24.3 Å². The predicted octanol–water partition coefficient (Wildman–Crippen LogP) is 4.35. The van der Waals surface area contributed by atoms with E-state index in [4.69, 9.17) is 5.10 Å². The summed E-state index contributed by atoms with van der Waals surface area (Å²) in [4.78, 5) is 0. The standard InChI is InChI=1S/C18H33N3/c1-15(2)21-12-9-16(20-21)13-18(10-7-6-8-11-18)14-19-17(3,4)5/h9,12,15,19H,6-8,10-11,13-14H2,1-5H3. The molecule has 1 aliphatic carbocycles. The van der Waals surface area contributed by atoms with Crippen molar-refractivity contribution in [3.8, 4) is 0 Å².